The van der Waals surface area contributed by atoms with E-state index < -0.39 is 0 Å². The zero-order chi connectivity index (χ0) is 17.8. The number of pyridine rings is 1. The van der Waals surface area contributed by atoms with Gasteiger partial charge in [-0.3, -0.25) is 4.79 Å². The lowest BCUT2D eigenvalue weighted by Gasteiger charge is -2.27. The van der Waals surface area contributed by atoms with E-state index in [1.807, 2.05) is 25.1 Å². The van der Waals surface area contributed by atoms with Crippen LogP contribution in [0.25, 0.3) is 10.9 Å². The van der Waals surface area contributed by atoms with E-state index in [1.165, 1.54) is 16.9 Å². The molecule has 3 aromatic rings. The SMILES string of the molecule is Cc1ccc2cc(C3NC(=O)c4c(sc5c4CCCC5)N3)c(Cl)nc2c1. The molecule has 6 heteroatoms. The van der Waals surface area contributed by atoms with Gasteiger partial charge >= 0.3 is 0 Å². The van der Waals surface area contributed by atoms with Crippen LogP contribution in [-0.2, 0) is 12.8 Å². The Bertz CT molecular complexity index is 1060. The molecule has 1 aliphatic heterocycles. The lowest BCUT2D eigenvalue weighted by atomic mass is 9.94. The van der Waals surface area contributed by atoms with E-state index in [0.717, 1.165) is 51.9 Å². The number of thiophene rings is 1. The molecule has 3 heterocycles. The third-order valence-electron chi connectivity index (χ3n) is 5.21. The van der Waals surface area contributed by atoms with Gasteiger partial charge in [0, 0.05) is 15.8 Å². The number of nitrogens with one attached hydrogen (secondary N) is 2. The van der Waals surface area contributed by atoms with Gasteiger partial charge in [-0.15, -0.1) is 11.3 Å². The molecule has 1 aromatic carbocycles. The first-order valence-corrected chi connectivity index (χ1v) is 10.1. The second-order valence-corrected chi connectivity index (χ2v) is 8.49. The van der Waals surface area contributed by atoms with Crippen LogP contribution in [0.3, 0.4) is 0 Å². The number of nitrogens with zero attached hydrogens (tertiary/aromatic N) is 1. The molecule has 1 atom stereocenters. The smallest absolute Gasteiger partial charge is 0.256 e. The predicted molar refractivity (Wildman–Crippen MR) is 106 cm³/mol. The number of aromatic nitrogens is 1. The largest absolute Gasteiger partial charge is 0.353 e. The van der Waals surface area contributed by atoms with Crippen molar-refractivity contribution in [2.75, 3.05) is 5.32 Å². The van der Waals surface area contributed by atoms with E-state index >= 15 is 0 Å². The van der Waals surface area contributed by atoms with Gasteiger partial charge in [-0.25, -0.2) is 4.98 Å². The first-order chi connectivity index (χ1) is 12.6. The molecule has 0 fully saturated rings. The normalized spacial score (nSPS) is 18.8. The molecule has 26 heavy (non-hydrogen) atoms. The number of benzene rings is 1. The van der Waals surface area contributed by atoms with Crippen molar-refractivity contribution < 1.29 is 4.79 Å². The van der Waals surface area contributed by atoms with Crippen molar-refractivity contribution in [3.05, 3.63) is 56.5 Å². The van der Waals surface area contributed by atoms with Gasteiger partial charge in [0.15, 0.2) is 0 Å². The zero-order valence-corrected chi connectivity index (χ0v) is 15.9. The number of rotatable bonds is 1. The molecule has 132 valence electrons. The maximum Gasteiger partial charge on any atom is 0.256 e. The highest BCUT2D eigenvalue weighted by Crippen LogP contribution is 2.42. The molecule has 2 aromatic heterocycles. The van der Waals surface area contributed by atoms with Crippen LogP contribution in [0.15, 0.2) is 24.3 Å². The van der Waals surface area contributed by atoms with Crippen LogP contribution in [0.4, 0.5) is 5.00 Å². The fourth-order valence-corrected chi connectivity index (χ4v) is 5.48. The Balaban J connectivity index is 1.57. The van der Waals surface area contributed by atoms with E-state index in [4.69, 9.17) is 11.6 Å². The van der Waals surface area contributed by atoms with Crippen molar-refractivity contribution >= 4 is 44.7 Å². The van der Waals surface area contributed by atoms with E-state index in [-0.39, 0.29) is 12.1 Å². The van der Waals surface area contributed by atoms with Gasteiger partial charge in [-0.05, 0) is 55.9 Å². The number of aryl methyl sites for hydroxylation is 2. The number of fused-ring (bicyclic) bond motifs is 4. The highest BCUT2D eigenvalue weighted by atomic mass is 35.5. The number of carbonyl (C=O) groups excluding carboxylic acids is 1. The van der Waals surface area contributed by atoms with E-state index in [0.29, 0.717) is 5.15 Å². The number of hydrogen-bond acceptors (Lipinski definition) is 4. The quantitative estimate of drug-likeness (QED) is 0.582. The van der Waals surface area contributed by atoms with Crippen molar-refractivity contribution in [2.24, 2.45) is 0 Å². The van der Waals surface area contributed by atoms with Gasteiger partial charge in [-0.1, -0.05) is 23.7 Å². The van der Waals surface area contributed by atoms with Crippen LogP contribution in [0.1, 0.15) is 50.9 Å². The number of halogens is 1. The summed E-state index contributed by atoms with van der Waals surface area (Å²) in [5, 5.41) is 8.96. The minimum Gasteiger partial charge on any atom is -0.353 e. The Morgan fingerprint density at radius 1 is 1.19 bits per heavy atom. The molecule has 0 radical (unpaired) electrons. The standard InChI is InChI=1S/C20H18ClN3OS/c1-10-6-7-11-9-13(17(21)22-14(11)8-10)18-23-19(25)16-12-4-2-3-5-15(12)26-20(16)24-18/h6-9,18,24H,2-5H2,1H3,(H,23,25). The average Bonchev–Trinajstić information content (AvgIpc) is 2.99. The lowest BCUT2D eigenvalue weighted by Crippen LogP contribution is -2.38. The van der Waals surface area contributed by atoms with Crippen molar-refractivity contribution in [1.82, 2.24) is 10.3 Å². The maximum absolute atomic E-state index is 12.8. The Morgan fingerprint density at radius 2 is 2.04 bits per heavy atom. The van der Waals surface area contributed by atoms with Crippen molar-refractivity contribution in [1.29, 1.82) is 0 Å². The maximum atomic E-state index is 12.8. The van der Waals surface area contributed by atoms with Crippen LogP contribution >= 0.6 is 22.9 Å². The molecule has 0 saturated heterocycles. The number of carbonyl (C=O) groups is 1. The lowest BCUT2D eigenvalue weighted by molar-refractivity contribution is 0.0935. The van der Waals surface area contributed by atoms with Crippen molar-refractivity contribution in [2.45, 2.75) is 38.8 Å². The Hall–Kier alpha value is -2.11. The summed E-state index contributed by atoms with van der Waals surface area (Å²) >= 11 is 8.18. The molecular weight excluding hydrogens is 366 g/mol. The van der Waals surface area contributed by atoms with Gasteiger partial charge in [-0.2, -0.15) is 0 Å². The summed E-state index contributed by atoms with van der Waals surface area (Å²) in [6.07, 6.45) is 4.08. The molecule has 1 unspecified atom stereocenters. The topological polar surface area (TPSA) is 54.0 Å². The summed E-state index contributed by atoms with van der Waals surface area (Å²) in [4.78, 5) is 18.7. The van der Waals surface area contributed by atoms with Crippen LogP contribution in [0.5, 0.6) is 0 Å². The molecule has 2 N–H and O–H groups in total. The summed E-state index contributed by atoms with van der Waals surface area (Å²) in [5.41, 5.74) is 4.88. The molecule has 4 nitrogen and oxygen atoms in total. The van der Waals surface area contributed by atoms with Crippen molar-refractivity contribution in [3.8, 4) is 0 Å². The third kappa shape index (κ3) is 2.49. The summed E-state index contributed by atoms with van der Waals surface area (Å²) in [6, 6.07) is 8.13. The van der Waals surface area contributed by atoms with Gasteiger partial charge in [0.25, 0.3) is 5.91 Å². The molecule has 1 amide bonds. The van der Waals surface area contributed by atoms with Crippen molar-refractivity contribution in [3.63, 3.8) is 0 Å². The van der Waals surface area contributed by atoms with E-state index in [9.17, 15) is 4.79 Å². The molecule has 0 saturated carbocycles. The predicted octanol–water partition coefficient (Wildman–Crippen LogP) is 4.99. The second kappa shape index (κ2) is 5.96. The van der Waals surface area contributed by atoms with Gasteiger partial charge in [0.2, 0.25) is 0 Å². The molecular formula is C20H18ClN3OS. The highest BCUT2D eigenvalue weighted by molar-refractivity contribution is 7.16. The number of anilines is 1. The van der Waals surface area contributed by atoms with Gasteiger partial charge in [0.1, 0.15) is 16.3 Å². The number of amides is 1. The third-order valence-corrected chi connectivity index (χ3v) is 6.74. The van der Waals surface area contributed by atoms with E-state index in [1.54, 1.807) is 11.3 Å². The molecule has 1 aliphatic carbocycles. The zero-order valence-electron chi connectivity index (χ0n) is 14.4. The van der Waals surface area contributed by atoms with Crippen LogP contribution in [0, 0.1) is 6.92 Å². The Labute approximate surface area is 160 Å². The summed E-state index contributed by atoms with van der Waals surface area (Å²) in [6.45, 7) is 2.03. The van der Waals surface area contributed by atoms with E-state index in [2.05, 4.69) is 21.7 Å². The summed E-state index contributed by atoms with van der Waals surface area (Å²) < 4.78 is 0. The fraction of sp³-hybridized carbons (Fsp3) is 0.300. The highest BCUT2D eigenvalue weighted by Gasteiger charge is 2.33. The molecule has 0 bridgehead atoms. The summed E-state index contributed by atoms with van der Waals surface area (Å²) in [5.74, 6) is -0.0109. The molecule has 0 spiro atoms. The monoisotopic (exact) mass is 383 g/mol. The van der Waals surface area contributed by atoms with Gasteiger partial charge in [0.05, 0.1) is 11.1 Å². The first kappa shape index (κ1) is 16.1. The van der Waals surface area contributed by atoms with Crippen LogP contribution < -0.4 is 10.6 Å². The minimum absolute atomic E-state index is 0.0109. The summed E-state index contributed by atoms with van der Waals surface area (Å²) in [7, 11) is 0. The van der Waals surface area contributed by atoms with Crippen LogP contribution in [0.2, 0.25) is 5.15 Å². The average molecular weight is 384 g/mol. The molecule has 2 aliphatic rings. The van der Waals surface area contributed by atoms with Crippen LogP contribution in [-0.4, -0.2) is 10.9 Å². The Kier molecular flexibility index (Phi) is 3.69. The minimum atomic E-state index is -0.360. The fourth-order valence-electron chi connectivity index (χ4n) is 3.91. The number of hydrogen-bond donors (Lipinski definition) is 2. The second-order valence-electron chi connectivity index (χ2n) is 7.03. The molecule has 5 rings (SSSR count). The van der Waals surface area contributed by atoms with Gasteiger partial charge < -0.3 is 10.6 Å². The Morgan fingerprint density at radius 3 is 2.92 bits per heavy atom. The first-order valence-electron chi connectivity index (χ1n) is 8.89.